The fourth-order valence-electron chi connectivity index (χ4n) is 5.28. The van der Waals surface area contributed by atoms with Gasteiger partial charge in [0.25, 0.3) is 0 Å². The molecule has 1 N–H and O–H groups in total. The molecule has 0 atom stereocenters. The quantitative estimate of drug-likeness (QED) is 0.134. The molecule has 1 aliphatic rings. The lowest BCUT2D eigenvalue weighted by atomic mass is 9.86. The summed E-state index contributed by atoms with van der Waals surface area (Å²) in [4.78, 5) is 38.9. The molecule has 0 spiro atoms. The van der Waals surface area contributed by atoms with Gasteiger partial charge in [0.1, 0.15) is 6.10 Å². The van der Waals surface area contributed by atoms with Crippen LogP contribution in [0.15, 0.2) is 0 Å². The lowest BCUT2D eigenvalue weighted by Gasteiger charge is -2.31. The van der Waals surface area contributed by atoms with Gasteiger partial charge < -0.3 is 24.2 Å². The molecule has 0 aromatic carbocycles. The Balaban J connectivity index is 2.50. The molecule has 222 valence electrons. The highest BCUT2D eigenvalue weighted by Gasteiger charge is 2.29. The van der Waals surface area contributed by atoms with Gasteiger partial charge in [0.15, 0.2) is 0 Å². The van der Waals surface area contributed by atoms with E-state index in [1.165, 1.54) is 14.2 Å². The number of ether oxygens (including phenoxy) is 3. The second-order valence-corrected chi connectivity index (χ2v) is 12.3. The summed E-state index contributed by atoms with van der Waals surface area (Å²) in [6.45, 7) is 10.4. The summed E-state index contributed by atoms with van der Waals surface area (Å²) in [7, 11) is 2.86. The van der Waals surface area contributed by atoms with Crippen molar-refractivity contribution in [2.24, 2.45) is 16.7 Å². The number of rotatable bonds is 19. The highest BCUT2D eigenvalue weighted by Crippen LogP contribution is 2.28. The number of aliphatic hydroxyl groups excluding tert-OH is 1. The van der Waals surface area contributed by atoms with Crippen LogP contribution in [-0.2, 0) is 28.6 Å². The Morgan fingerprint density at radius 3 is 1.71 bits per heavy atom. The average molecular weight is 542 g/mol. The number of nitrogens with zero attached hydrogens (tertiary/aromatic N) is 1. The fourth-order valence-corrected chi connectivity index (χ4v) is 5.28. The minimum absolute atomic E-state index is 0.0980. The Morgan fingerprint density at radius 1 is 0.816 bits per heavy atom. The molecule has 8 nitrogen and oxygen atoms in total. The maximum absolute atomic E-state index is 12.8. The van der Waals surface area contributed by atoms with Crippen LogP contribution in [0, 0.1) is 16.7 Å². The smallest absolute Gasteiger partial charge is 0.311 e. The Bertz CT molecular complexity index is 661. The van der Waals surface area contributed by atoms with Crippen LogP contribution in [0.25, 0.3) is 0 Å². The topological polar surface area (TPSA) is 102 Å². The highest BCUT2D eigenvalue weighted by atomic mass is 16.5. The van der Waals surface area contributed by atoms with Crippen LogP contribution in [0.4, 0.5) is 0 Å². The van der Waals surface area contributed by atoms with Crippen LogP contribution in [0.3, 0.4) is 0 Å². The molecule has 8 heteroatoms. The largest absolute Gasteiger partial charge is 0.469 e. The molecule has 0 unspecified atom stereocenters. The third-order valence-electron chi connectivity index (χ3n) is 8.01. The Hall–Kier alpha value is -1.67. The number of hydrogen-bond donors (Lipinski definition) is 1. The van der Waals surface area contributed by atoms with Crippen molar-refractivity contribution in [3.8, 4) is 0 Å². The number of carbonyl (C=O) groups is 3. The molecule has 1 fully saturated rings. The lowest BCUT2D eigenvalue weighted by Crippen LogP contribution is -2.36. The normalized spacial score (nSPS) is 15.5. The van der Waals surface area contributed by atoms with Gasteiger partial charge in [-0.2, -0.15) is 0 Å². The first-order chi connectivity index (χ1) is 17.9. The van der Waals surface area contributed by atoms with E-state index in [0.717, 1.165) is 90.1 Å². The molecular formula is C30H55NO7. The van der Waals surface area contributed by atoms with Crippen molar-refractivity contribution in [3.05, 3.63) is 0 Å². The van der Waals surface area contributed by atoms with Crippen molar-refractivity contribution in [1.82, 2.24) is 4.90 Å². The first-order valence-corrected chi connectivity index (χ1v) is 14.6. The Morgan fingerprint density at radius 2 is 1.29 bits per heavy atom. The molecule has 1 rings (SSSR count). The van der Waals surface area contributed by atoms with Crippen LogP contribution in [-0.4, -0.2) is 74.5 Å². The van der Waals surface area contributed by atoms with E-state index >= 15 is 0 Å². The number of β-amino-alcohol motifs (C(OH)–C–C–N with tert-alkyl or cyclic N) is 1. The van der Waals surface area contributed by atoms with Crippen molar-refractivity contribution in [2.45, 2.75) is 117 Å². The number of hydrogen-bond acceptors (Lipinski definition) is 8. The zero-order valence-electron chi connectivity index (χ0n) is 25.0. The van der Waals surface area contributed by atoms with Gasteiger partial charge in [-0.3, -0.25) is 14.4 Å². The van der Waals surface area contributed by atoms with E-state index < -0.39 is 10.8 Å². The van der Waals surface area contributed by atoms with E-state index in [-0.39, 0.29) is 30.6 Å². The maximum Gasteiger partial charge on any atom is 0.311 e. The molecule has 0 aliphatic carbocycles. The van der Waals surface area contributed by atoms with Gasteiger partial charge in [-0.15, -0.1) is 0 Å². The van der Waals surface area contributed by atoms with Gasteiger partial charge in [-0.25, -0.2) is 0 Å². The zero-order valence-corrected chi connectivity index (χ0v) is 25.0. The summed E-state index contributed by atoms with van der Waals surface area (Å²) in [5.74, 6) is -0.114. The van der Waals surface area contributed by atoms with E-state index in [4.69, 9.17) is 19.3 Å². The second-order valence-electron chi connectivity index (χ2n) is 12.3. The number of esters is 3. The second kappa shape index (κ2) is 17.8. The molecule has 0 bridgehead atoms. The number of carbonyl (C=O) groups excluding carboxylic acids is 3. The number of piperidine rings is 1. The molecule has 1 heterocycles. The summed E-state index contributed by atoms with van der Waals surface area (Å²) in [6.07, 6.45) is 11.2. The van der Waals surface area contributed by atoms with E-state index in [2.05, 4.69) is 4.90 Å². The van der Waals surface area contributed by atoms with Crippen molar-refractivity contribution in [3.63, 3.8) is 0 Å². The van der Waals surface area contributed by atoms with Crippen LogP contribution < -0.4 is 0 Å². The summed E-state index contributed by atoms with van der Waals surface area (Å²) in [5.41, 5.74) is -0.962. The van der Waals surface area contributed by atoms with Crippen LogP contribution in [0.2, 0.25) is 0 Å². The predicted molar refractivity (Wildman–Crippen MR) is 149 cm³/mol. The van der Waals surface area contributed by atoms with Crippen LogP contribution >= 0.6 is 0 Å². The highest BCUT2D eigenvalue weighted by molar-refractivity contribution is 5.76. The molecule has 0 saturated carbocycles. The van der Waals surface area contributed by atoms with Gasteiger partial charge in [0.05, 0.1) is 31.7 Å². The predicted octanol–water partition coefficient (Wildman–Crippen LogP) is 5.29. The first-order valence-electron chi connectivity index (χ1n) is 14.6. The minimum Gasteiger partial charge on any atom is -0.469 e. The summed E-state index contributed by atoms with van der Waals surface area (Å²) >= 11 is 0. The van der Waals surface area contributed by atoms with Crippen molar-refractivity contribution >= 4 is 17.9 Å². The molecule has 1 saturated heterocycles. The fraction of sp³-hybridized carbons (Fsp3) is 0.900. The van der Waals surface area contributed by atoms with E-state index in [9.17, 15) is 14.4 Å². The molecule has 38 heavy (non-hydrogen) atoms. The molecule has 0 radical (unpaired) electrons. The van der Waals surface area contributed by atoms with Gasteiger partial charge in [-0.1, -0.05) is 25.7 Å². The molecule has 0 aromatic rings. The first kappa shape index (κ1) is 34.4. The molecular weight excluding hydrogens is 486 g/mol. The van der Waals surface area contributed by atoms with E-state index in [1.54, 1.807) is 0 Å². The minimum atomic E-state index is -0.481. The number of likely N-dealkylation sites (tertiary alicyclic amines) is 1. The SMILES string of the molecule is COC(=O)C(C)(C)CCCCCC(CCCCCC(C)(C)C(=O)OC)OC(=O)CC1CCN(CCO)CC1. The third-order valence-corrected chi connectivity index (χ3v) is 8.01. The van der Waals surface area contributed by atoms with Gasteiger partial charge in [0, 0.05) is 13.0 Å². The van der Waals surface area contributed by atoms with Crippen LogP contribution in [0.1, 0.15) is 111 Å². The third kappa shape index (κ3) is 13.4. The Labute approximate surface area is 231 Å². The van der Waals surface area contributed by atoms with Crippen molar-refractivity contribution in [1.29, 1.82) is 0 Å². The molecule has 1 aliphatic heterocycles. The van der Waals surface area contributed by atoms with E-state index in [1.807, 2.05) is 27.7 Å². The van der Waals surface area contributed by atoms with Crippen LogP contribution in [0.5, 0.6) is 0 Å². The monoisotopic (exact) mass is 541 g/mol. The molecule has 0 aromatic heterocycles. The summed E-state index contributed by atoms with van der Waals surface area (Å²) < 4.78 is 15.8. The van der Waals surface area contributed by atoms with Gasteiger partial charge in [-0.05, 0) is 98.1 Å². The number of methoxy groups -OCH3 is 2. The van der Waals surface area contributed by atoms with Gasteiger partial charge >= 0.3 is 17.9 Å². The lowest BCUT2D eigenvalue weighted by molar-refractivity contribution is -0.152. The maximum atomic E-state index is 12.8. The number of aliphatic hydroxyl groups is 1. The Kier molecular flexibility index (Phi) is 16.1. The number of unbranched alkanes of at least 4 members (excludes halogenated alkanes) is 4. The molecule has 0 amide bonds. The van der Waals surface area contributed by atoms with Gasteiger partial charge in [0.2, 0.25) is 0 Å². The standard InChI is InChI=1S/C30H55NO7/c1-29(2,27(34)36-5)17-11-7-9-13-25(14-10-8-12-18-30(3,4)28(35)37-6)38-26(33)23-24-15-19-31(20-16-24)21-22-32/h24-25,32H,7-23H2,1-6H3. The summed E-state index contributed by atoms with van der Waals surface area (Å²) in [5, 5.41) is 9.13. The van der Waals surface area contributed by atoms with Crippen molar-refractivity contribution in [2.75, 3.05) is 40.5 Å². The summed E-state index contributed by atoms with van der Waals surface area (Å²) in [6, 6.07) is 0. The van der Waals surface area contributed by atoms with E-state index in [0.29, 0.717) is 18.9 Å². The average Bonchev–Trinajstić information content (AvgIpc) is 2.88. The zero-order chi connectivity index (χ0) is 28.6. The van der Waals surface area contributed by atoms with Crippen molar-refractivity contribution < 1.29 is 33.7 Å².